The molecule has 6 aromatic rings. The fourth-order valence-corrected chi connectivity index (χ4v) is 4.75. The molecule has 4 nitrogen and oxygen atoms in total. The standard InChI is InChI=1S/C11H16.C10H14.C8H7F3O.2C8H7N.C8H10O/c1-9-5-7-10(8-6-9)11(2,3)4;1-8(2)10-6-4-9(3)5-7-10;1-6-2-4-7(5-3-6)12-8(9,10)11;1-7-2-4-8(6-9)5-3-7;1-7-4-2-3-5-8(7)6-9;1-7-3-5-8(9-2)6-4-7/h5-8H,1-4H3;4-8H,1-3H3;2-5H,1H3;2*2-5H,1H3;3-6H,1-2H3. The van der Waals surface area contributed by atoms with Gasteiger partial charge in [-0.05, 0) is 112 Å². The topological polar surface area (TPSA) is 66.0 Å². The molecule has 0 atom stereocenters. The molecule has 0 spiro atoms. The molecule has 0 aliphatic carbocycles. The number of benzene rings is 6. The fourth-order valence-electron chi connectivity index (χ4n) is 4.75. The minimum absolute atomic E-state index is 0.187. The van der Waals surface area contributed by atoms with Gasteiger partial charge in [-0.25, -0.2) is 0 Å². The van der Waals surface area contributed by atoms with Crippen LogP contribution in [0.2, 0.25) is 0 Å². The molecule has 0 N–H and O–H groups in total. The highest BCUT2D eigenvalue weighted by Crippen LogP contribution is 2.23. The van der Waals surface area contributed by atoms with E-state index in [1.54, 1.807) is 26.2 Å². The summed E-state index contributed by atoms with van der Waals surface area (Å²) >= 11 is 0. The van der Waals surface area contributed by atoms with Gasteiger partial charge in [0.05, 0.1) is 30.4 Å². The summed E-state index contributed by atoms with van der Waals surface area (Å²) in [6.07, 6.45) is -4.60. The number of methoxy groups -OCH3 is 1. The van der Waals surface area contributed by atoms with Crippen LogP contribution in [0, 0.1) is 64.2 Å². The number of hydrogen-bond donors (Lipinski definition) is 0. The molecule has 0 heterocycles. The Morgan fingerprint density at radius 1 is 0.500 bits per heavy atom. The SMILES string of the molecule is COc1ccc(C)cc1.Cc1ccc(C#N)cc1.Cc1ccc(C(C)(C)C)cc1.Cc1ccc(C(C)C)cc1.Cc1ccc(OC(F)(F)F)cc1.Cc1ccccc1C#N. The van der Waals surface area contributed by atoms with Gasteiger partial charge in [0.25, 0.3) is 0 Å². The van der Waals surface area contributed by atoms with Crippen LogP contribution >= 0.6 is 0 Å². The van der Waals surface area contributed by atoms with Gasteiger partial charge in [-0.15, -0.1) is 13.2 Å². The summed E-state index contributed by atoms with van der Waals surface area (Å²) in [5.41, 5.74) is 11.6. The van der Waals surface area contributed by atoms with Crippen molar-refractivity contribution in [2.45, 2.75) is 93.9 Å². The molecule has 0 saturated carbocycles. The maximum absolute atomic E-state index is 11.6. The first-order chi connectivity index (χ1) is 28.2. The lowest BCUT2D eigenvalue weighted by atomic mass is 9.87. The lowest BCUT2D eigenvalue weighted by molar-refractivity contribution is -0.274. The normalized spacial score (nSPS) is 10.0. The lowest BCUT2D eigenvalue weighted by Gasteiger charge is -2.18. The number of alkyl halides is 3. The fraction of sp³-hybridized carbons (Fsp3) is 0.283. The molecule has 0 radical (unpaired) electrons. The van der Waals surface area contributed by atoms with Crippen LogP contribution in [0.4, 0.5) is 13.2 Å². The van der Waals surface area contributed by atoms with E-state index < -0.39 is 6.36 Å². The molecule has 0 aliphatic rings. The van der Waals surface area contributed by atoms with Crippen molar-refractivity contribution in [1.29, 1.82) is 10.5 Å². The third-order valence-electron chi connectivity index (χ3n) is 8.62. The summed E-state index contributed by atoms with van der Waals surface area (Å²) in [6, 6.07) is 50.3. The van der Waals surface area contributed by atoms with Gasteiger partial charge in [0.15, 0.2) is 0 Å². The molecule has 0 unspecified atom stereocenters. The zero-order valence-electron chi connectivity index (χ0n) is 37.3. The van der Waals surface area contributed by atoms with Crippen molar-refractivity contribution >= 4 is 0 Å². The molecule has 0 saturated heterocycles. The van der Waals surface area contributed by atoms with Crippen LogP contribution in [0.5, 0.6) is 11.5 Å². The molecule has 0 aliphatic heterocycles. The van der Waals surface area contributed by atoms with E-state index in [9.17, 15) is 13.2 Å². The second-order valence-electron chi connectivity index (χ2n) is 15.5. The summed E-state index contributed by atoms with van der Waals surface area (Å²) < 4.78 is 43.5. The van der Waals surface area contributed by atoms with E-state index in [0.29, 0.717) is 5.92 Å². The van der Waals surface area contributed by atoms with Crippen LogP contribution in [0.1, 0.15) is 96.2 Å². The highest BCUT2D eigenvalue weighted by atomic mass is 19.4. The zero-order chi connectivity index (χ0) is 45.3. The number of nitrogens with zero attached hydrogens (tertiary/aromatic N) is 2. The van der Waals surface area contributed by atoms with Gasteiger partial charge in [-0.3, -0.25) is 0 Å². The first-order valence-electron chi connectivity index (χ1n) is 19.7. The van der Waals surface area contributed by atoms with E-state index in [4.69, 9.17) is 15.3 Å². The summed E-state index contributed by atoms with van der Waals surface area (Å²) in [6.45, 7) is 23.1. The first kappa shape index (κ1) is 51.7. The van der Waals surface area contributed by atoms with E-state index in [1.807, 2.05) is 86.6 Å². The maximum atomic E-state index is 11.6. The minimum Gasteiger partial charge on any atom is -0.497 e. The average molecular weight is 815 g/mol. The summed E-state index contributed by atoms with van der Waals surface area (Å²) in [4.78, 5) is 0. The van der Waals surface area contributed by atoms with Crippen LogP contribution in [-0.4, -0.2) is 13.5 Å². The molecule has 316 valence electrons. The largest absolute Gasteiger partial charge is 0.573 e. The quantitative estimate of drug-likeness (QED) is 0.178. The predicted molar refractivity (Wildman–Crippen MR) is 243 cm³/mol. The van der Waals surface area contributed by atoms with Crippen LogP contribution in [0.3, 0.4) is 0 Å². The monoisotopic (exact) mass is 814 g/mol. The van der Waals surface area contributed by atoms with Crippen molar-refractivity contribution in [3.05, 3.63) is 201 Å². The van der Waals surface area contributed by atoms with E-state index in [0.717, 1.165) is 28.0 Å². The summed E-state index contributed by atoms with van der Waals surface area (Å²) in [7, 11) is 1.67. The third-order valence-corrected chi connectivity index (χ3v) is 8.62. The number of halogens is 3. The summed E-state index contributed by atoms with van der Waals surface area (Å²) in [5.74, 6) is 1.38. The minimum atomic E-state index is -4.60. The van der Waals surface area contributed by atoms with Gasteiger partial charge < -0.3 is 9.47 Å². The van der Waals surface area contributed by atoms with E-state index in [1.165, 1.54) is 45.5 Å². The van der Waals surface area contributed by atoms with Gasteiger partial charge >= 0.3 is 6.36 Å². The molecule has 0 aromatic heterocycles. The van der Waals surface area contributed by atoms with Crippen molar-refractivity contribution in [2.24, 2.45) is 0 Å². The molecule has 0 fully saturated rings. The molecule has 6 aromatic carbocycles. The zero-order valence-corrected chi connectivity index (χ0v) is 37.3. The highest BCUT2D eigenvalue weighted by Gasteiger charge is 2.30. The molecule has 60 heavy (non-hydrogen) atoms. The lowest BCUT2D eigenvalue weighted by Crippen LogP contribution is -2.16. The Bertz CT molecular complexity index is 2150. The predicted octanol–water partition coefficient (Wildman–Crippen LogP) is 15.0. The van der Waals surface area contributed by atoms with Crippen LogP contribution in [-0.2, 0) is 5.41 Å². The van der Waals surface area contributed by atoms with Gasteiger partial charge in [-0.2, -0.15) is 10.5 Å². The highest BCUT2D eigenvalue weighted by molar-refractivity contribution is 5.36. The van der Waals surface area contributed by atoms with E-state index in [-0.39, 0.29) is 11.2 Å². The Morgan fingerprint density at radius 2 is 0.883 bits per heavy atom. The van der Waals surface area contributed by atoms with Crippen molar-refractivity contribution in [2.75, 3.05) is 7.11 Å². The molecular formula is C53H61F3N2O2. The van der Waals surface area contributed by atoms with Gasteiger partial charge in [-0.1, -0.05) is 166 Å². The molecule has 6 rings (SSSR count). The Balaban J connectivity index is 0.000000361. The Hall–Kier alpha value is -6.31. The number of ether oxygens (including phenoxy) is 2. The number of aryl methyl sites for hydroxylation is 6. The van der Waals surface area contributed by atoms with E-state index in [2.05, 4.69) is 121 Å². The van der Waals surface area contributed by atoms with E-state index >= 15 is 0 Å². The Kier molecular flexibility index (Phi) is 23.0. The van der Waals surface area contributed by atoms with Crippen molar-refractivity contribution in [3.8, 4) is 23.6 Å². The molecular weight excluding hydrogens is 754 g/mol. The van der Waals surface area contributed by atoms with Gasteiger partial charge in [0, 0.05) is 0 Å². The third kappa shape index (κ3) is 23.2. The van der Waals surface area contributed by atoms with Crippen molar-refractivity contribution < 1.29 is 22.6 Å². The molecule has 7 heteroatoms. The molecule has 0 bridgehead atoms. The Labute approximate surface area is 357 Å². The van der Waals surface area contributed by atoms with Crippen LogP contribution in [0.25, 0.3) is 0 Å². The van der Waals surface area contributed by atoms with Gasteiger partial charge in [0.2, 0.25) is 0 Å². The van der Waals surface area contributed by atoms with Crippen LogP contribution < -0.4 is 9.47 Å². The smallest absolute Gasteiger partial charge is 0.497 e. The number of rotatable bonds is 3. The second-order valence-corrected chi connectivity index (χ2v) is 15.5. The average Bonchev–Trinajstić information content (AvgIpc) is 3.20. The first-order valence-corrected chi connectivity index (χ1v) is 19.7. The van der Waals surface area contributed by atoms with Crippen molar-refractivity contribution in [1.82, 2.24) is 0 Å². The van der Waals surface area contributed by atoms with Gasteiger partial charge in [0.1, 0.15) is 11.5 Å². The number of hydrogen-bond acceptors (Lipinski definition) is 4. The Morgan fingerprint density at radius 3 is 1.22 bits per heavy atom. The summed E-state index contributed by atoms with van der Waals surface area (Å²) in [5, 5.41) is 16.8. The van der Waals surface area contributed by atoms with Crippen molar-refractivity contribution in [3.63, 3.8) is 0 Å². The molecule has 0 amide bonds. The second kappa shape index (κ2) is 26.6. The van der Waals surface area contributed by atoms with Crippen LogP contribution in [0.15, 0.2) is 146 Å². The number of nitriles is 2. The maximum Gasteiger partial charge on any atom is 0.573 e.